The van der Waals surface area contributed by atoms with Crippen LogP contribution in [0, 0.1) is 10.1 Å². The number of likely N-dealkylation sites (tertiary alicyclic amines) is 1. The van der Waals surface area contributed by atoms with Crippen LogP contribution in [0.4, 0.5) is 5.69 Å². The summed E-state index contributed by atoms with van der Waals surface area (Å²) < 4.78 is 70.9. The molecule has 0 radical (unpaired) electrons. The van der Waals surface area contributed by atoms with E-state index in [1.165, 1.54) is 48.9 Å². The molecule has 0 saturated carbocycles. The Morgan fingerprint density at radius 1 is 0.771 bits per heavy atom. The standard InChI is InChI=1S/C51H54N6O12S/c1-50(2,49(59)64-3)55-35-51(48(55)58,53-70(62,63)43-27-17-16-26-41(43)57(60)61)28-40-29-56(54-52-40)47-46(68-33-39-24-14-7-15-25-39)45(67-32-38-22-12-6-13-23-38)44(66-31-37-20-10-5-11-21-37)42(69-47)34-65-30-36-18-8-4-9-19-36/h4-27,29,42,44-47,53H,28,30-35H2,1-3H3/t42-,44-,45+,46+,47+,51+/m1/s1. The van der Waals surface area contributed by atoms with Crippen molar-refractivity contribution in [2.75, 3.05) is 20.3 Å². The van der Waals surface area contributed by atoms with Gasteiger partial charge in [0.05, 0.1) is 63.5 Å². The van der Waals surface area contributed by atoms with Gasteiger partial charge in [-0.3, -0.25) is 14.9 Å². The van der Waals surface area contributed by atoms with Crippen molar-refractivity contribution in [3.8, 4) is 0 Å². The predicted octanol–water partition coefficient (Wildman–Crippen LogP) is 6.11. The van der Waals surface area contributed by atoms with Crippen molar-refractivity contribution < 1.29 is 51.4 Å². The van der Waals surface area contributed by atoms with Gasteiger partial charge < -0.3 is 33.3 Å². The summed E-state index contributed by atoms with van der Waals surface area (Å²) in [7, 11) is -3.59. The quantitative estimate of drug-likeness (QED) is 0.0352. The van der Waals surface area contributed by atoms with Crippen molar-refractivity contribution in [3.63, 3.8) is 0 Å². The number of ether oxygens (including phenoxy) is 6. The third-order valence-corrected chi connectivity index (χ3v) is 13.9. The molecule has 2 aliphatic heterocycles. The van der Waals surface area contributed by atoms with Gasteiger partial charge in [-0.2, -0.15) is 4.72 Å². The summed E-state index contributed by atoms with van der Waals surface area (Å²) in [5.41, 5.74) is -0.403. The average Bonchev–Trinajstić information content (AvgIpc) is 3.84. The third-order valence-electron chi connectivity index (χ3n) is 12.3. The van der Waals surface area contributed by atoms with Crippen LogP contribution < -0.4 is 4.72 Å². The first kappa shape index (κ1) is 49.7. The lowest BCUT2D eigenvalue weighted by Crippen LogP contribution is -2.79. The number of hydrogen-bond donors (Lipinski definition) is 1. The zero-order chi connectivity index (χ0) is 49.3. The fraction of sp³-hybridized carbons (Fsp3) is 0.333. The molecule has 2 fully saturated rings. The molecular formula is C51H54N6O12S. The number of nitro groups is 1. The van der Waals surface area contributed by atoms with Gasteiger partial charge in [0.15, 0.2) is 11.1 Å². The predicted molar refractivity (Wildman–Crippen MR) is 253 cm³/mol. The van der Waals surface area contributed by atoms with Crippen LogP contribution in [0.15, 0.2) is 157 Å². The summed E-state index contributed by atoms with van der Waals surface area (Å²) in [5.74, 6) is -1.53. The number of rotatable bonds is 22. The Morgan fingerprint density at radius 2 is 1.27 bits per heavy atom. The maximum atomic E-state index is 14.5. The zero-order valence-electron chi connectivity index (χ0n) is 38.8. The summed E-state index contributed by atoms with van der Waals surface area (Å²) in [4.78, 5) is 39.1. The molecule has 6 atom stereocenters. The lowest BCUT2D eigenvalue weighted by Gasteiger charge is -2.53. The summed E-state index contributed by atoms with van der Waals surface area (Å²) in [6.07, 6.45) is -3.25. The van der Waals surface area contributed by atoms with Gasteiger partial charge in [-0.1, -0.05) is 139 Å². The number of aromatic nitrogens is 3. The highest BCUT2D eigenvalue weighted by molar-refractivity contribution is 7.89. The summed E-state index contributed by atoms with van der Waals surface area (Å²) >= 11 is 0. The molecule has 1 aromatic heterocycles. The summed E-state index contributed by atoms with van der Waals surface area (Å²) in [5, 5.41) is 20.9. The van der Waals surface area contributed by atoms with E-state index in [9.17, 15) is 28.1 Å². The monoisotopic (exact) mass is 974 g/mol. The number of benzene rings is 5. The largest absolute Gasteiger partial charge is 0.467 e. The molecule has 0 unspecified atom stereocenters. The van der Waals surface area contributed by atoms with Gasteiger partial charge in [-0.05, 0) is 42.2 Å². The van der Waals surface area contributed by atoms with Crippen LogP contribution in [0.25, 0.3) is 0 Å². The molecule has 1 N–H and O–H groups in total. The second-order valence-electron chi connectivity index (χ2n) is 17.6. The van der Waals surface area contributed by atoms with Crippen LogP contribution in [-0.4, -0.2) is 101 Å². The minimum absolute atomic E-state index is 0.0554. The molecule has 1 amide bonds. The van der Waals surface area contributed by atoms with E-state index >= 15 is 0 Å². The molecule has 0 aliphatic carbocycles. The van der Waals surface area contributed by atoms with E-state index in [4.69, 9.17) is 28.4 Å². The Labute approximate surface area is 405 Å². The summed E-state index contributed by atoms with van der Waals surface area (Å²) in [6.45, 7) is 3.45. The number of esters is 1. The molecule has 3 heterocycles. The highest BCUT2D eigenvalue weighted by Crippen LogP contribution is 2.39. The van der Waals surface area contributed by atoms with Crippen molar-refractivity contribution in [3.05, 3.63) is 190 Å². The number of nitrogens with zero attached hydrogens (tertiary/aromatic N) is 5. The Hall–Kier alpha value is -6.71. The molecule has 8 rings (SSSR count). The number of amides is 1. The Morgan fingerprint density at radius 3 is 1.80 bits per heavy atom. The molecule has 5 aromatic carbocycles. The number of sulfonamides is 1. The maximum absolute atomic E-state index is 14.5. The smallest absolute Gasteiger partial charge is 0.331 e. The minimum atomic E-state index is -4.76. The van der Waals surface area contributed by atoms with Crippen molar-refractivity contribution in [1.29, 1.82) is 0 Å². The first-order valence-electron chi connectivity index (χ1n) is 22.6. The third kappa shape index (κ3) is 11.3. The second-order valence-corrected chi connectivity index (χ2v) is 19.2. The molecule has 18 nitrogen and oxygen atoms in total. The first-order chi connectivity index (χ1) is 33.8. The number of nitrogens with one attached hydrogen (secondary N) is 1. The van der Waals surface area contributed by atoms with Crippen molar-refractivity contribution in [2.45, 2.75) is 93.3 Å². The van der Waals surface area contributed by atoms with Gasteiger partial charge in [0.25, 0.3) is 5.69 Å². The van der Waals surface area contributed by atoms with Crippen LogP contribution in [0.3, 0.4) is 0 Å². The number of β-lactam (4-membered cyclic amide) rings is 1. The van der Waals surface area contributed by atoms with Crippen molar-refractivity contribution >= 4 is 27.6 Å². The van der Waals surface area contributed by atoms with Gasteiger partial charge in [-0.15, -0.1) is 5.10 Å². The van der Waals surface area contributed by atoms with E-state index in [1.54, 1.807) is 0 Å². The molecule has 366 valence electrons. The topological polar surface area (TPSA) is 213 Å². The molecule has 0 bridgehead atoms. The van der Waals surface area contributed by atoms with Gasteiger partial charge in [-0.25, -0.2) is 17.9 Å². The summed E-state index contributed by atoms with van der Waals surface area (Å²) in [6, 6.07) is 43.5. The van der Waals surface area contributed by atoms with Crippen molar-refractivity contribution in [1.82, 2.24) is 24.6 Å². The van der Waals surface area contributed by atoms with Crippen LogP contribution >= 0.6 is 0 Å². The Balaban J connectivity index is 1.17. The van der Waals surface area contributed by atoms with E-state index in [1.807, 2.05) is 121 Å². The van der Waals surface area contributed by atoms with Crippen LogP contribution in [0.2, 0.25) is 0 Å². The van der Waals surface area contributed by atoms with E-state index in [-0.39, 0.29) is 51.7 Å². The van der Waals surface area contributed by atoms with Crippen LogP contribution in [0.5, 0.6) is 0 Å². The minimum Gasteiger partial charge on any atom is -0.467 e. The van der Waals surface area contributed by atoms with E-state index < -0.39 is 79.1 Å². The molecule has 2 aliphatic rings. The normalized spacial score (nSPS) is 21.5. The van der Waals surface area contributed by atoms with E-state index in [2.05, 4.69) is 15.0 Å². The van der Waals surface area contributed by atoms with Gasteiger partial charge in [0, 0.05) is 12.5 Å². The van der Waals surface area contributed by atoms with Gasteiger partial charge >= 0.3 is 5.97 Å². The number of methoxy groups -OCH3 is 1. The average molecular weight is 975 g/mol. The highest BCUT2D eigenvalue weighted by atomic mass is 32.2. The van der Waals surface area contributed by atoms with Crippen LogP contribution in [0.1, 0.15) is 48.0 Å². The highest BCUT2D eigenvalue weighted by Gasteiger charge is 2.61. The zero-order valence-corrected chi connectivity index (χ0v) is 39.6. The van der Waals surface area contributed by atoms with E-state index in [0.717, 1.165) is 34.4 Å². The number of para-hydroxylation sites is 1. The van der Waals surface area contributed by atoms with Gasteiger partial charge in [0.1, 0.15) is 35.5 Å². The molecular weight excluding hydrogens is 921 g/mol. The number of nitro benzene ring substituents is 1. The number of hydrogen-bond acceptors (Lipinski definition) is 14. The number of carbonyl (C=O) groups is 2. The number of carbonyl (C=O) groups excluding carboxylic acids is 2. The Kier molecular flexibility index (Phi) is 15.6. The molecule has 0 spiro atoms. The fourth-order valence-corrected chi connectivity index (χ4v) is 10.1. The second kappa shape index (κ2) is 21.9. The van der Waals surface area contributed by atoms with Gasteiger partial charge in [0.2, 0.25) is 15.9 Å². The molecule has 70 heavy (non-hydrogen) atoms. The van der Waals surface area contributed by atoms with Crippen LogP contribution in [-0.2, 0) is 80.9 Å². The SMILES string of the molecule is COC(=O)C(C)(C)N1C[C@](Cc2cn([C@H]3O[C@H](COCc4ccccc4)[C@@H](OCc4ccccc4)[C@H](OCc4ccccc4)[C@@H]3OCc3ccccc3)nn2)(NS(=O)(=O)c2ccccc2[N+](=O)[O-])C1=O. The van der Waals surface area contributed by atoms with E-state index in [0.29, 0.717) is 0 Å². The maximum Gasteiger partial charge on any atom is 0.331 e. The van der Waals surface area contributed by atoms with Crippen molar-refractivity contribution in [2.24, 2.45) is 0 Å². The molecule has 19 heteroatoms. The lowest BCUT2D eigenvalue weighted by molar-refractivity contribution is -0.387. The lowest BCUT2D eigenvalue weighted by atomic mass is 9.81. The Bertz CT molecular complexity index is 2820. The molecule has 2 saturated heterocycles. The fourth-order valence-electron chi connectivity index (χ4n) is 8.58. The first-order valence-corrected chi connectivity index (χ1v) is 24.1. The molecule has 6 aromatic rings.